The zero-order chi connectivity index (χ0) is 14.0. The summed E-state index contributed by atoms with van der Waals surface area (Å²) in [6.45, 7) is 7.94. The van der Waals surface area contributed by atoms with E-state index in [1.807, 2.05) is 0 Å². The predicted molar refractivity (Wildman–Crippen MR) is 68.2 cm³/mol. The molecule has 1 aromatic rings. The van der Waals surface area contributed by atoms with Crippen LogP contribution in [0, 0.1) is 18.6 Å². The maximum atomic E-state index is 13.3. The number of halogens is 2. The number of piperazine rings is 1. The molecule has 0 atom stereocenters. The van der Waals surface area contributed by atoms with Gasteiger partial charge in [-0.25, -0.2) is 8.78 Å². The van der Waals surface area contributed by atoms with Crippen LogP contribution in [-0.4, -0.2) is 43.5 Å². The van der Waals surface area contributed by atoms with Crippen LogP contribution in [0.15, 0.2) is 12.1 Å². The molecular formula is C14H19F2N2O+. The van der Waals surface area contributed by atoms with Gasteiger partial charge in [0.15, 0.2) is 11.6 Å². The van der Waals surface area contributed by atoms with E-state index in [1.165, 1.54) is 4.90 Å². The SMILES string of the molecule is CC[NH+]1CCN(C(=O)c2cc(F)c(F)cc2C)CC1. The van der Waals surface area contributed by atoms with Crippen LogP contribution in [0.5, 0.6) is 0 Å². The summed E-state index contributed by atoms with van der Waals surface area (Å²) < 4.78 is 26.3. The lowest BCUT2D eigenvalue weighted by atomic mass is 10.1. The first-order valence-corrected chi connectivity index (χ1v) is 6.61. The van der Waals surface area contributed by atoms with Crippen molar-refractivity contribution in [1.29, 1.82) is 0 Å². The first-order valence-electron chi connectivity index (χ1n) is 6.61. The molecular weight excluding hydrogens is 250 g/mol. The molecule has 0 unspecified atom stereocenters. The van der Waals surface area contributed by atoms with Crippen molar-refractivity contribution in [2.75, 3.05) is 32.7 Å². The van der Waals surface area contributed by atoms with Crippen LogP contribution >= 0.6 is 0 Å². The molecule has 0 bridgehead atoms. The van der Waals surface area contributed by atoms with Crippen molar-refractivity contribution in [3.05, 3.63) is 34.9 Å². The van der Waals surface area contributed by atoms with Gasteiger partial charge in [0, 0.05) is 5.56 Å². The Kier molecular flexibility index (Phi) is 4.14. The minimum absolute atomic E-state index is 0.202. The zero-order valence-corrected chi connectivity index (χ0v) is 11.3. The number of benzene rings is 1. The van der Waals surface area contributed by atoms with Crippen LogP contribution in [-0.2, 0) is 0 Å². The molecule has 0 aromatic heterocycles. The lowest BCUT2D eigenvalue weighted by Gasteiger charge is -2.32. The van der Waals surface area contributed by atoms with Crippen molar-refractivity contribution in [1.82, 2.24) is 4.90 Å². The summed E-state index contributed by atoms with van der Waals surface area (Å²) in [4.78, 5) is 15.5. The standard InChI is InChI=1S/C14H18F2N2O/c1-3-17-4-6-18(7-5-17)14(19)11-9-13(16)12(15)8-10(11)2/h8-9H,3-7H2,1-2H3/p+1. The maximum absolute atomic E-state index is 13.3. The van der Waals surface area contributed by atoms with Gasteiger partial charge in [-0.1, -0.05) is 0 Å². The Hall–Kier alpha value is -1.49. The molecule has 1 aromatic carbocycles. The van der Waals surface area contributed by atoms with Crippen molar-refractivity contribution >= 4 is 5.91 Å². The number of likely N-dealkylation sites (N-methyl/N-ethyl adjacent to an activating group) is 1. The van der Waals surface area contributed by atoms with Crippen LogP contribution < -0.4 is 4.90 Å². The molecule has 0 saturated carbocycles. The smallest absolute Gasteiger partial charge is 0.254 e. The fourth-order valence-electron chi connectivity index (χ4n) is 2.43. The average Bonchev–Trinajstić information content (AvgIpc) is 2.42. The number of hydrogen-bond acceptors (Lipinski definition) is 1. The third kappa shape index (κ3) is 2.92. The second-order valence-electron chi connectivity index (χ2n) is 4.98. The van der Waals surface area contributed by atoms with Crippen LogP contribution in [0.4, 0.5) is 8.78 Å². The molecule has 3 nitrogen and oxygen atoms in total. The Balaban J connectivity index is 2.14. The van der Waals surface area contributed by atoms with E-state index < -0.39 is 11.6 Å². The molecule has 0 spiro atoms. The van der Waals surface area contributed by atoms with E-state index in [2.05, 4.69) is 6.92 Å². The van der Waals surface area contributed by atoms with E-state index in [0.717, 1.165) is 31.8 Å². The van der Waals surface area contributed by atoms with Crippen molar-refractivity contribution in [3.8, 4) is 0 Å². The van der Waals surface area contributed by atoms with Gasteiger partial charge >= 0.3 is 0 Å². The van der Waals surface area contributed by atoms with Gasteiger partial charge in [-0.15, -0.1) is 0 Å². The fraction of sp³-hybridized carbons (Fsp3) is 0.500. The largest absolute Gasteiger partial charge is 0.332 e. The normalized spacial score (nSPS) is 16.7. The lowest BCUT2D eigenvalue weighted by Crippen LogP contribution is -3.14. The van der Waals surface area contributed by atoms with E-state index in [-0.39, 0.29) is 11.5 Å². The van der Waals surface area contributed by atoms with Gasteiger partial charge in [0.25, 0.3) is 5.91 Å². The van der Waals surface area contributed by atoms with E-state index in [4.69, 9.17) is 0 Å². The lowest BCUT2D eigenvalue weighted by molar-refractivity contribution is -0.902. The van der Waals surface area contributed by atoms with Gasteiger partial charge in [-0.2, -0.15) is 0 Å². The highest BCUT2D eigenvalue weighted by atomic mass is 19.2. The first kappa shape index (κ1) is 13.9. The number of quaternary nitrogens is 1. The minimum Gasteiger partial charge on any atom is -0.332 e. The van der Waals surface area contributed by atoms with E-state index in [9.17, 15) is 13.6 Å². The maximum Gasteiger partial charge on any atom is 0.254 e. The topological polar surface area (TPSA) is 24.8 Å². The Morgan fingerprint density at radius 1 is 1.26 bits per heavy atom. The number of nitrogens with one attached hydrogen (secondary N) is 1. The number of amides is 1. The van der Waals surface area contributed by atoms with Gasteiger partial charge in [0.05, 0.1) is 32.7 Å². The quantitative estimate of drug-likeness (QED) is 0.837. The molecule has 104 valence electrons. The molecule has 1 amide bonds. The summed E-state index contributed by atoms with van der Waals surface area (Å²) in [5.41, 5.74) is 0.744. The highest BCUT2D eigenvalue weighted by molar-refractivity contribution is 5.95. The van der Waals surface area contributed by atoms with E-state index in [1.54, 1.807) is 11.8 Å². The summed E-state index contributed by atoms with van der Waals surface area (Å²) in [7, 11) is 0. The van der Waals surface area contributed by atoms with Gasteiger partial charge in [0.1, 0.15) is 0 Å². The molecule has 0 aliphatic carbocycles. The van der Waals surface area contributed by atoms with Gasteiger partial charge in [-0.05, 0) is 31.5 Å². The zero-order valence-electron chi connectivity index (χ0n) is 11.3. The summed E-state index contributed by atoms with van der Waals surface area (Å²) in [6.07, 6.45) is 0. The molecule has 1 heterocycles. The summed E-state index contributed by atoms with van der Waals surface area (Å²) in [5, 5.41) is 0. The van der Waals surface area contributed by atoms with Crippen molar-refractivity contribution in [3.63, 3.8) is 0 Å². The van der Waals surface area contributed by atoms with Crippen LogP contribution in [0.3, 0.4) is 0 Å². The summed E-state index contributed by atoms with van der Waals surface area (Å²) in [5.74, 6) is -2.08. The average molecular weight is 269 g/mol. The molecule has 1 saturated heterocycles. The Bertz CT molecular complexity index is 483. The fourth-order valence-corrected chi connectivity index (χ4v) is 2.43. The van der Waals surface area contributed by atoms with Crippen molar-refractivity contribution in [2.45, 2.75) is 13.8 Å². The Morgan fingerprint density at radius 2 is 1.84 bits per heavy atom. The second kappa shape index (κ2) is 5.65. The summed E-state index contributed by atoms with van der Waals surface area (Å²) in [6, 6.07) is 2.09. The highest BCUT2D eigenvalue weighted by Gasteiger charge is 2.25. The van der Waals surface area contributed by atoms with Crippen molar-refractivity contribution in [2.24, 2.45) is 0 Å². The molecule has 1 fully saturated rings. The van der Waals surface area contributed by atoms with E-state index >= 15 is 0 Å². The minimum atomic E-state index is -0.966. The second-order valence-corrected chi connectivity index (χ2v) is 4.98. The number of aryl methyl sites for hydroxylation is 1. The van der Waals surface area contributed by atoms with Crippen LogP contribution in [0.25, 0.3) is 0 Å². The molecule has 19 heavy (non-hydrogen) atoms. The predicted octanol–water partition coefficient (Wildman–Crippen LogP) is 0.634. The third-order valence-electron chi connectivity index (χ3n) is 3.76. The number of rotatable bonds is 2. The monoisotopic (exact) mass is 269 g/mol. The summed E-state index contributed by atoms with van der Waals surface area (Å²) >= 11 is 0. The van der Waals surface area contributed by atoms with Crippen LogP contribution in [0.2, 0.25) is 0 Å². The third-order valence-corrected chi connectivity index (χ3v) is 3.76. The number of nitrogens with zero attached hydrogens (tertiary/aromatic N) is 1. The molecule has 5 heteroatoms. The number of hydrogen-bond donors (Lipinski definition) is 1. The van der Waals surface area contributed by atoms with Gasteiger partial charge < -0.3 is 9.80 Å². The molecule has 1 aliphatic heterocycles. The molecule has 1 aliphatic rings. The van der Waals surface area contributed by atoms with Gasteiger partial charge in [0.2, 0.25) is 0 Å². The van der Waals surface area contributed by atoms with E-state index in [0.29, 0.717) is 18.7 Å². The molecule has 1 N–H and O–H groups in total. The number of carbonyl (C=O) groups is 1. The Labute approximate surface area is 111 Å². The number of carbonyl (C=O) groups excluding carboxylic acids is 1. The molecule has 2 rings (SSSR count). The highest BCUT2D eigenvalue weighted by Crippen LogP contribution is 2.16. The van der Waals surface area contributed by atoms with Crippen LogP contribution in [0.1, 0.15) is 22.8 Å². The van der Waals surface area contributed by atoms with Crippen molar-refractivity contribution < 1.29 is 18.5 Å². The first-order chi connectivity index (χ1) is 9.02. The molecule has 0 radical (unpaired) electrons. The Morgan fingerprint density at radius 3 is 2.42 bits per heavy atom. The van der Waals surface area contributed by atoms with Gasteiger partial charge in [-0.3, -0.25) is 4.79 Å².